The van der Waals surface area contributed by atoms with Crippen LogP contribution in [0.1, 0.15) is 39.2 Å². The van der Waals surface area contributed by atoms with Gasteiger partial charge in [-0.05, 0) is 49.0 Å². The molecule has 0 aliphatic carbocycles. The van der Waals surface area contributed by atoms with Crippen LogP contribution in [0, 0.1) is 5.92 Å². The van der Waals surface area contributed by atoms with Crippen molar-refractivity contribution < 1.29 is 29.4 Å². The van der Waals surface area contributed by atoms with E-state index < -0.39 is 47.9 Å². The molecule has 5 unspecified atom stereocenters. The Morgan fingerprint density at radius 2 is 1.62 bits per heavy atom. The minimum atomic E-state index is -1.20. The van der Waals surface area contributed by atoms with Gasteiger partial charge in [0.25, 0.3) is 0 Å². The molecular weight excluding hydrogens is 460 g/mol. The summed E-state index contributed by atoms with van der Waals surface area (Å²) >= 11 is 1.55. The van der Waals surface area contributed by atoms with Gasteiger partial charge in [-0.15, -0.1) is 0 Å². The number of carboxylic acid groups (broad SMARTS) is 1. The quantitative estimate of drug-likeness (QED) is 0.218. The van der Waals surface area contributed by atoms with E-state index >= 15 is 0 Å². The number of carboxylic acids is 1. The molecule has 0 spiro atoms. The molecule has 3 amide bonds. The number of benzene rings is 1. The summed E-state index contributed by atoms with van der Waals surface area (Å²) in [5.41, 5.74) is 6.64. The number of carbonyl (C=O) groups is 4. The van der Waals surface area contributed by atoms with E-state index in [1.54, 1.807) is 30.8 Å². The molecule has 190 valence electrons. The van der Waals surface area contributed by atoms with Gasteiger partial charge >= 0.3 is 5.97 Å². The number of aromatic hydroxyl groups is 1. The van der Waals surface area contributed by atoms with Crippen LogP contribution in [0.25, 0.3) is 0 Å². The zero-order valence-corrected chi connectivity index (χ0v) is 20.9. The monoisotopic (exact) mass is 496 g/mol. The lowest BCUT2D eigenvalue weighted by Crippen LogP contribution is -2.58. The summed E-state index contributed by atoms with van der Waals surface area (Å²) in [5.74, 6) is -2.45. The minimum Gasteiger partial charge on any atom is -0.508 e. The molecule has 0 radical (unpaired) electrons. The van der Waals surface area contributed by atoms with Crippen LogP contribution in [-0.4, -0.2) is 70.1 Å². The predicted octanol–water partition coefficient (Wildman–Crippen LogP) is 0.620. The molecule has 0 aliphatic rings. The number of thioether (sulfide) groups is 1. The van der Waals surface area contributed by atoms with Crippen molar-refractivity contribution in [2.75, 3.05) is 12.0 Å². The highest BCUT2D eigenvalue weighted by atomic mass is 32.2. The lowest BCUT2D eigenvalue weighted by atomic mass is 9.96. The molecule has 0 saturated heterocycles. The third kappa shape index (κ3) is 9.60. The van der Waals surface area contributed by atoms with Gasteiger partial charge in [0.15, 0.2) is 0 Å². The summed E-state index contributed by atoms with van der Waals surface area (Å²) in [4.78, 5) is 49.7. The average Bonchev–Trinajstić information content (AvgIpc) is 2.80. The van der Waals surface area contributed by atoms with E-state index in [0.717, 1.165) is 0 Å². The standard InChI is InChI=1S/C23H36N4O6S/c1-5-13(2)19(22(31)25-14(3)23(32)33)27-21(30)18(12-15-6-8-16(28)9-7-15)26-20(29)17(24)10-11-34-4/h6-9,13-14,17-19,28H,5,10-12,24H2,1-4H3,(H,25,31)(H,26,29)(H,27,30)(H,32,33). The van der Waals surface area contributed by atoms with Crippen LogP contribution in [0.2, 0.25) is 0 Å². The van der Waals surface area contributed by atoms with Gasteiger partial charge in [0.1, 0.15) is 23.9 Å². The van der Waals surface area contributed by atoms with Crippen molar-refractivity contribution in [2.45, 2.75) is 64.2 Å². The Morgan fingerprint density at radius 3 is 2.15 bits per heavy atom. The Hall–Kier alpha value is -2.79. The van der Waals surface area contributed by atoms with Crippen molar-refractivity contribution in [1.29, 1.82) is 0 Å². The Labute approximate surface area is 204 Å². The van der Waals surface area contributed by atoms with Crippen LogP contribution in [0.15, 0.2) is 24.3 Å². The van der Waals surface area contributed by atoms with Crippen molar-refractivity contribution >= 4 is 35.5 Å². The fourth-order valence-electron chi connectivity index (χ4n) is 3.05. The van der Waals surface area contributed by atoms with E-state index in [9.17, 15) is 24.3 Å². The molecule has 7 N–H and O–H groups in total. The van der Waals surface area contributed by atoms with E-state index in [4.69, 9.17) is 10.8 Å². The molecule has 34 heavy (non-hydrogen) atoms. The van der Waals surface area contributed by atoms with E-state index in [2.05, 4.69) is 16.0 Å². The van der Waals surface area contributed by atoms with E-state index in [1.165, 1.54) is 19.1 Å². The molecule has 10 nitrogen and oxygen atoms in total. The molecule has 5 atom stereocenters. The minimum absolute atomic E-state index is 0.0638. The predicted molar refractivity (Wildman–Crippen MR) is 131 cm³/mol. The lowest BCUT2D eigenvalue weighted by molar-refractivity contribution is -0.142. The average molecular weight is 497 g/mol. The van der Waals surface area contributed by atoms with Crippen molar-refractivity contribution in [3.63, 3.8) is 0 Å². The van der Waals surface area contributed by atoms with Gasteiger partial charge < -0.3 is 31.9 Å². The highest BCUT2D eigenvalue weighted by molar-refractivity contribution is 7.98. The van der Waals surface area contributed by atoms with Gasteiger partial charge in [-0.3, -0.25) is 19.2 Å². The second-order valence-electron chi connectivity index (χ2n) is 8.26. The Morgan fingerprint density at radius 1 is 1.00 bits per heavy atom. The summed E-state index contributed by atoms with van der Waals surface area (Å²) in [6.45, 7) is 4.94. The number of aliphatic carboxylic acids is 1. The number of rotatable bonds is 14. The number of nitrogens with two attached hydrogens (primary N) is 1. The summed E-state index contributed by atoms with van der Waals surface area (Å²) in [6.07, 6.45) is 2.99. The zero-order valence-electron chi connectivity index (χ0n) is 20.0. The Bertz CT molecular complexity index is 835. The van der Waals surface area contributed by atoms with Crippen LogP contribution >= 0.6 is 11.8 Å². The Balaban J connectivity index is 3.09. The molecule has 11 heteroatoms. The van der Waals surface area contributed by atoms with E-state index in [0.29, 0.717) is 24.2 Å². The zero-order chi connectivity index (χ0) is 25.8. The van der Waals surface area contributed by atoms with Crippen LogP contribution in [0.4, 0.5) is 0 Å². The molecule has 0 bridgehead atoms. The van der Waals surface area contributed by atoms with Crippen LogP contribution in [0.5, 0.6) is 5.75 Å². The van der Waals surface area contributed by atoms with Crippen LogP contribution in [0.3, 0.4) is 0 Å². The van der Waals surface area contributed by atoms with Crippen LogP contribution < -0.4 is 21.7 Å². The number of hydrogen-bond acceptors (Lipinski definition) is 7. The molecule has 0 aliphatic heterocycles. The molecule has 0 fully saturated rings. The van der Waals surface area contributed by atoms with Gasteiger partial charge in [0.05, 0.1) is 6.04 Å². The highest BCUT2D eigenvalue weighted by Crippen LogP contribution is 2.13. The number of phenolic OH excluding ortho intramolecular Hbond substituents is 1. The molecule has 0 aromatic heterocycles. The SMILES string of the molecule is CCC(C)C(NC(=O)C(Cc1ccc(O)cc1)NC(=O)C(N)CCSC)C(=O)NC(C)C(=O)O. The fourth-order valence-corrected chi connectivity index (χ4v) is 3.54. The topological polar surface area (TPSA) is 171 Å². The van der Waals surface area contributed by atoms with Gasteiger partial charge in [0, 0.05) is 6.42 Å². The summed E-state index contributed by atoms with van der Waals surface area (Å²) < 4.78 is 0. The summed E-state index contributed by atoms with van der Waals surface area (Å²) in [7, 11) is 0. The Kier molecular flexibility index (Phi) is 12.4. The number of phenols is 1. The van der Waals surface area contributed by atoms with Crippen molar-refractivity contribution in [1.82, 2.24) is 16.0 Å². The van der Waals surface area contributed by atoms with Crippen molar-refractivity contribution in [2.24, 2.45) is 11.7 Å². The lowest BCUT2D eigenvalue weighted by Gasteiger charge is -2.27. The molecule has 1 rings (SSSR count). The number of hydrogen-bond donors (Lipinski definition) is 6. The molecule has 0 heterocycles. The summed E-state index contributed by atoms with van der Waals surface area (Å²) in [5, 5.41) is 26.4. The molecule has 1 aromatic rings. The van der Waals surface area contributed by atoms with Crippen molar-refractivity contribution in [3.05, 3.63) is 29.8 Å². The third-order valence-electron chi connectivity index (χ3n) is 5.50. The normalized spacial score (nSPS) is 15.3. The second-order valence-corrected chi connectivity index (χ2v) is 9.25. The highest BCUT2D eigenvalue weighted by Gasteiger charge is 2.32. The van der Waals surface area contributed by atoms with E-state index in [1.807, 2.05) is 13.2 Å². The smallest absolute Gasteiger partial charge is 0.325 e. The number of amides is 3. The molecule has 0 saturated carbocycles. The van der Waals surface area contributed by atoms with Crippen LogP contribution in [-0.2, 0) is 25.6 Å². The largest absolute Gasteiger partial charge is 0.508 e. The molecule has 1 aromatic carbocycles. The van der Waals surface area contributed by atoms with Crippen molar-refractivity contribution in [3.8, 4) is 5.75 Å². The van der Waals surface area contributed by atoms with Gasteiger partial charge in [-0.25, -0.2) is 0 Å². The first kappa shape index (κ1) is 29.2. The number of carbonyl (C=O) groups excluding carboxylic acids is 3. The maximum atomic E-state index is 13.2. The maximum absolute atomic E-state index is 13.2. The molecular formula is C23H36N4O6S. The first-order valence-electron chi connectivity index (χ1n) is 11.2. The number of nitrogens with one attached hydrogen (secondary N) is 3. The third-order valence-corrected chi connectivity index (χ3v) is 6.15. The van der Waals surface area contributed by atoms with E-state index in [-0.39, 0.29) is 18.1 Å². The summed E-state index contributed by atoms with van der Waals surface area (Å²) in [6, 6.07) is 2.24. The first-order chi connectivity index (χ1) is 16.0. The van der Waals surface area contributed by atoms with Gasteiger partial charge in [0.2, 0.25) is 17.7 Å². The second kappa shape index (κ2) is 14.5. The fraction of sp³-hybridized carbons (Fsp3) is 0.565. The van der Waals surface area contributed by atoms with Gasteiger partial charge in [-0.2, -0.15) is 11.8 Å². The maximum Gasteiger partial charge on any atom is 0.325 e. The van der Waals surface area contributed by atoms with Gasteiger partial charge in [-0.1, -0.05) is 32.4 Å². The first-order valence-corrected chi connectivity index (χ1v) is 12.6.